The summed E-state index contributed by atoms with van der Waals surface area (Å²) in [6.07, 6.45) is 7.05. The normalized spacial score (nSPS) is 11.9. The van der Waals surface area contributed by atoms with Gasteiger partial charge in [0.05, 0.1) is 11.0 Å². The third-order valence-corrected chi connectivity index (χ3v) is 2.46. The largest absolute Gasteiger partial charge is 0.351 e. The first-order chi connectivity index (χ1) is 8.01. The zero-order valence-electron chi connectivity index (χ0n) is 10.2. The second-order valence-corrected chi connectivity index (χ2v) is 3.82. The Morgan fingerprint density at radius 1 is 1.71 bits per heavy atom. The molecule has 1 rings (SSSR count). The summed E-state index contributed by atoms with van der Waals surface area (Å²) in [4.78, 5) is 10.5. The summed E-state index contributed by atoms with van der Waals surface area (Å²) in [5.74, 6) is 2.94. The van der Waals surface area contributed by atoms with Crippen molar-refractivity contribution in [2.45, 2.75) is 32.7 Å². The van der Waals surface area contributed by atoms with Crippen LogP contribution in [-0.2, 0) is 7.05 Å². The topological polar surface area (TPSA) is 73.0 Å². The molecule has 1 N–H and O–H groups in total. The number of terminal acetylenes is 1. The van der Waals surface area contributed by atoms with Gasteiger partial charge < -0.3 is 5.32 Å². The van der Waals surface area contributed by atoms with Crippen LogP contribution >= 0.6 is 0 Å². The number of hydrogen-bond acceptors (Lipinski definition) is 4. The molecule has 1 aromatic heterocycles. The minimum absolute atomic E-state index is 0.0103. The molecule has 0 aliphatic carbocycles. The van der Waals surface area contributed by atoms with E-state index < -0.39 is 4.92 Å². The maximum Gasteiger partial charge on any atom is 0.333 e. The highest BCUT2D eigenvalue weighted by Crippen LogP contribution is 2.28. The van der Waals surface area contributed by atoms with Crippen LogP contribution in [0.4, 0.5) is 11.5 Å². The molecule has 1 aromatic rings. The lowest BCUT2D eigenvalue weighted by Gasteiger charge is -2.12. The SMILES string of the molecule is C#CC(CCC)Nc1c([N+](=O)[O-])c(C)nn1C. The smallest absolute Gasteiger partial charge is 0.333 e. The summed E-state index contributed by atoms with van der Waals surface area (Å²) in [6.45, 7) is 3.61. The van der Waals surface area contributed by atoms with Crippen molar-refractivity contribution in [2.75, 3.05) is 5.32 Å². The number of rotatable bonds is 5. The molecule has 0 fully saturated rings. The number of nitro groups is 1. The first-order valence-corrected chi connectivity index (χ1v) is 5.41. The molecule has 0 radical (unpaired) electrons. The van der Waals surface area contributed by atoms with Crippen molar-refractivity contribution in [1.29, 1.82) is 0 Å². The van der Waals surface area contributed by atoms with Gasteiger partial charge in [0.2, 0.25) is 5.82 Å². The lowest BCUT2D eigenvalue weighted by atomic mass is 10.2. The van der Waals surface area contributed by atoms with Gasteiger partial charge in [-0.15, -0.1) is 6.42 Å². The number of aryl methyl sites for hydroxylation is 2. The number of anilines is 1. The Bertz CT molecular complexity index is 459. The molecule has 0 aromatic carbocycles. The molecule has 0 amide bonds. The summed E-state index contributed by atoms with van der Waals surface area (Å²) in [6, 6.07) is -0.214. The molecule has 1 atom stereocenters. The fourth-order valence-electron chi connectivity index (χ4n) is 1.68. The Labute approximate surface area is 100 Å². The second kappa shape index (κ2) is 5.34. The number of hydrogen-bond donors (Lipinski definition) is 1. The van der Waals surface area contributed by atoms with Crippen LogP contribution in [0.5, 0.6) is 0 Å². The van der Waals surface area contributed by atoms with E-state index in [9.17, 15) is 10.1 Å². The number of aromatic nitrogens is 2. The van der Waals surface area contributed by atoms with Gasteiger partial charge in [-0.1, -0.05) is 19.3 Å². The summed E-state index contributed by atoms with van der Waals surface area (Å²) in [5.41, 5.74) is 0.371. The van der Waals surface area contributed by atoms with Crippen LogP contribution in [0.25, 0.3) is 0 Å². The highest BCUT2D eigenvalue weighted by molar-refractivity contribution is 5.60. The fourth-order valence-corrected chi connectivity index (χ4v) is 1.68. The Balaban J connectivity index is 3.05. The Hall–Kier alpha value is -2.03. The molecule has 1 unspecified atom stereocenters. The maximum absolute atomic E-state index is 10.9. The van der Waals surface area contributed by atoms with Gasteiger partial charge in [0.1, 0.15) is 5.69 Å². The van der Waals surface area contributed by atoms with E-state index in [1.807, 2.05) is 6.92 Å². The van der Waals surface area contributed by atoms with E-state index in [4.69, 9.17) is 6.42 Å². The van der Waals surface area contributed by atoms with Crippen LogP contribution in [0, 0.1) is 29.4 Å². The van der Waals surface area contributed by atoms with Gasteiger partial charge in [-0.2, -0.15) is 5.10 Å². The van der Waals surface area contributed by atoms with E-state index in [1.54, 1.807) is 14.0 Å². The third kappa shape index (κ3) is 2.75. The molecular formula is C11H16N4O2. The summed E-state index contributed by atoms with van der Waals surface area (Å²) in [7, 11) is 1.65. The Morgan fingerprint density at radius 3 is 2.82 bits per heavy atom. The van der Waals surface area contributed by atoms with Crippen molar-refractivity contribution in [3.8, 4) is 12.3 Å². The summed E-state index contributed by atoms with van der Waals surface area (Å²) >= 11 is 0. The molecule has 6 heteroatoms. The molecule has 0 aliphatic rings. The van der Waals surface area contributed by atoms with Crippen molar-refractivity contribution < 1.29 is 4.92 Å². The minimum Gasteiger partial charge on any atom is -0.351 e. The molecule has 1 heterocycles. The predicted octanol–water partition coefficient (Wildman–Crippen LogP) is 1.85. The van der Waals surface area contributed by atoms with E-state index in [-0.39, 0.29) is 11.7 Å². The monoisotopic (exact) mass is 236 g/mol. The molecule has 0 spiro atoms. The van der Waals surface area contributed by atoms with Crippen LogP contribution in [0.2, 0.25) is 0 Å². The molecular weight excluding hydrogens is 220 g/mol. The molecule has 17 heavy (non-hydrogen) atoms. The molecule has 0 saturated carbocycles. The van der Waals surface area contributed by atoms with Crippen molar-refractivity contribution in [2.24, 2.45) is 7.05 Å². The van der Waals surface area contributed by atoms with Gasteiger partial charge in [0, 0.05) is 7.05 Å². The minimum atomic E-state index is -0.440. The van der Waals surface area contributed by atoms with Crippen molar-refractivity contribution in [3.05, 3.63) is 15.8 Å². The average Bonchev–Trinajstić information content (AvgIpc) is 2.53. The molecule has 0 bridgehead atoms. The zero-order chi connectivity index (χ0) is 13.0. The number of nitrogens with one attached hydrogen (secondary N) is 1. The van der Waals surface area contributed by atoms with Crippen molar-refractivity contribution in [1.82, 2.24) is 9.78 Å². The first-order valence-electron chi connectivity index (χ1n) is 5.41. The van der Waals surface area contributed by atoms with Crippen LogP contribution in [-0.4, -0.2) is 20.7 Å². The lowest BCUT2D eigenvalue weighted by molar-refractivity contribution is -0.384. The van der Waals surface area contributed by atoms with Gasteiger partial charge in [-0.3, -0.25) is 10.1 Å². The van der Waals surface area contributed by atoms with Crippen molar-refractivity contribution in [3.63, 3.8) is 0 Å². The van der Waals surface area contributed by atoms with E-state index >= 15 is 0 Å². The van der Waals surface area contributed by atoms with E-state index in [0.29, 0.717) is 11.5 Å². The standard InChI is InChI=1S/C11H16N4O2/c1-5-7-9(6-2)12-11-10(15(16)17)8(3)13-14(11)4/h2,9,12H,5,7H2,1,3-4H3. The highest BCUT2D eigenvalue weighted by atomic mass is 16.6. The third-order valence-electron chi connectivity index (χ3n) is 2.46. The van der Waals surface area contributed by atoms with Gasteiger partial charge in [0.25, 0.3) is 0 Å². The lowest BCUT2D eigenvalue weighted by Crippen LogP contribution is -2.19. The van der Waals surface area contributed by atoms with Gasteiger partial charge in [-0.05, 0) is 13.3 Å². The van der Waals surface area contributed by atoms with Crippen LogP contribution in [0.15, 0.2) is 0 Å². The highest BCUT2D eigenvalue weighted by Gasteiger charge is 2.25. The Morgan fingerprint density at radius 2 is 2.35 bits per heavy atom. The zero-order valence-corrected chi connectivity index (χ0v) is 10.2. The van der Waals surface area contributed by atoms with Gasteiger partial charge >= 0.3 is 5.69 Å². The van der Waals surface area contributed by atoms with Crippen molar-refractivity contribution >= 4 is 11.5 Å². The van der Waals surface area contributed by atoms with Gasteiger partial charge in [-0.25, -0.2) is 4.68 Å². The molecule has 92 valence electrons. The predicted molar refractivity (Wildman–Crippen MR) is 65.8 cm³/mol. The van der Waals surface area contributed by atoms with E-state index in [2.05, 4.69) is 16.3 Å². The van der Waals surface area contributed by atoms with Crippen LogP contribution < -0.4 is 5.32 Å². The second-order valence-electron chi connectivity index (χ2n) is 3.82. The van der Waals surface area contributed by atoms with Gasteiger partial charge in [0.15, 0.2) is 0 Å². The summed E-state index contributed by atoms with van der Waals surface area (Å²) in [5, 5.41) is 18.0. The van der Waals surface area contributed by atoms with Crippen LogP contribution in [0.3, 0.4) is 0 Å². The summed E-state index contributed by atoms with van der Waals surface area (Å²) < 4.78 is 1.45. The molecule has 6 nitrogen and oxygen atoms in total. The van der Waals surface area contributed by atoms with E-state index in [0.717, 1.165) is 12.8 Å². The van der Waals surface area contributed by atoms with E-state index in [1.165, 1.54) is 4.68 Å². The number of nitrogens with zero attached hydrogens (tertiary/aromatic N) is 3. The molecule has 0 aliphatic heterocycles. The fraction of sp³-hybridized carbons (Fsp3) is 0.545. The Kier molecular flexibility index (Phi) is 4.10. The average molecular weight is 236 g/mol. The first kappa shape index (κ1) is 13.0. The maximum atomic E-state index is 10.9. The quantitative estimate of drug-likeness (QED) is 0.481. The van der Waals surface area contributed by atoms with Crippen LogP contribution in [0.1, 0.15) is 25.5 Å². The molecule has 0 saturated heterocycles.